The second-order valence-electron chi connectivity index (χ2n) is 5.59. The van der Waals surface area contributed by atoms with E-state index in [4.69, 9.17) is 0 Å². The van der Waals surface area contributed by atoms with Crippen LogP contribution in [0, 0.1) is 0 Å². The number of likely N-dealkylation sites (tertiary alicyclic amines) is 1. The Hall–Kier alpha value is -0.870. The molecule has 1 aliphatic heterocycles. The summed E-state index contributed by atoms with van der Waals surface area (Å²) in [6.45, 7) is 4.52. The van der Waals surface area contributed by atoms with E-state index in [0.717, 1.165) is 16.5 Å². The monoisotopic (exact) mass is 325 g/mol. The first-order valence-electron chi connectivity index (χ1n) is 6.65. The number of halogens is 1. The molecule has 1 aromatic carbocycles. The summed E-state index contributed by atoms with van der Waals surface area (Å²) in [5.74, 6) is 0.123. The number of nitrogens with zero attached hydrogens (tertiary/aromatic N) is 1. The Labute approximate surface area is 122 Å². The van der Waals surface area contributed by atoms with Crippen LogP contribution in [0.4, 0.5) is 0 Å². The average molecular weight is 326 g/mol. The van der Waals surface area contributed by atoms with Crippen LogP contribution in [0.2, 0.25) is 0 Å². The summed E-state index contributed by atoms with van der Waals surface area (Å²) < 4.78 is 1.04. The van der Waals surface area contributed by atoms with Crippen LogP contribution in [0.5, 0.6) is 0 Å². The fourth-order valence-electron chi connectivity index (χ4n) is 2.60. The number of carbonyl (C=O) groups is 1. The zero-order valence-corrected chi connectivity index (χ0v) is 13.0. The Balaban J connectivity index is 1.98. The van der Waals surface area contributed by atoms with Gasteiger partial charge in [-0.1, -0.05) is 34.1 Å². The number of hydrogen-bond acceptors (Lipinski definition) is 2. The van der Waals surface area contributed by atoms with Crippen LogP contribution >= 0.6 is 15.9 Å². The predicted molar refractivity (Wildman–Crippen MR) is 78.9 cm³/mol. The SMILES string of the molecule is CC1(C)C(O)CCN1C(=O)CCc1ccccc1Br. The molecule has 0 bridgehead atoms. The molecule has 1 unspecified atom stereocenters. The van der Waals surface area contributed by atoms with Crippen LogP contribution in [0.3, 0.4) is 0 Å². The van der Waals surface area contributed by atoms with Gasteiger partial charge in [0, 0.05) is 17.4 Å². The molecule has 1 atom stereocenters. The lowest BCUT2D eigenvalue weighted by Gasteiger charge is -2.34. The molecule has 1 aliphatic rings. The van der Waals surface area contributed by atoms with Gasteiger partial charge >= 0.3 is 0 Å². The van der Waals surface area contributed by atoms with Crippen molar-refractivity contribution in [1.29, 1.82) is 0 Å². The van der Waals surface area contributed by atoms with Crippen molar-refractivity contribution in [2.45, 2.75) is 44.8 Å². The molecule has 0 saturated carbocycles. The van der Waals surface area contributed by atoms with Gasteiger partial charge in [0.15, 0.2) is 0 Å². The van der Waals surface area contributed by atoms with Crippen molar-refractivity contribution in [3.05, 3.63) is 34.3 Å². The largest absolute Gasteiger partial charge is 0.391 e. The number of amides is 1. The van der Waals surface area contributed by atoms with Crippen LogP contribution < -0.4 is 0 Å². The van der Waals surface area contributed by atoms with Gasteiger partial charge in [0.1, 0.15) is 0 Å². The fraction of sp³-hybridized carbons (Fsp3) is 0.533. The Bertz CT molecular complexity index is 473. The lowest BCUT2D eigenvalue weighted by Crippen LogP contribution is -2.48. The van der Waals surface area contributed by atoms with E-state index in [1.54, 1.807) is 0 Å². The Morgan fingerprint density at radius 1 is 1.47 bits per heavy atom. The third-order valence-corrected chi connectivity index (χ3v) is 4.78. The van der Waals surface area contributed by atoms with Crippen molar-refractivity contribution in [2.24, 2.45) is 0 Å². The van der Waals surface area contributed by atoms with Crippen molar-refractivity contribution in [2.75, 3.05) is 6.54 Å². The Kier molecular flexibility index (Phi) is 4.31. The summed E-state index contributed by atoms with van der Waals surface area (Å²) in [6, 6.07) is 7.97. The number of aliphatic hydroxyl groups excluding tert-OH is 1. The zero-order valence-electron chi connectivity index (χ0n) is 11.4. The molecule has 2 rings (SSSR count). The second-order valence-corrected chi connectivity index (χ2v) is 6.45. The molecule has 1 amide bonds. The van der Waals surface area contributed by atoms with Gasteiger partial charge < -0.3 is 10.0 Å². The molecule has 1 N–H and O–H groups in total. The summed E-state index contributed by atoms with van der Waals surface area (Å²) >= 11 is 3.50. The highest BCUT2D eigenvalue weighted by Gasteiger charge is 2.42. The number of aryl methyl sites for hydroxylation is 1. The van der Waals surface area contributed by atoms with Crippen molar-refractivity contribution in [1.82, 2.24) is 4.90 Å². The maximum Gasteiger partial charge on any atom is 0.223 e. The molecule has 1 aromatic rings. The molecule has 0 radical (unpaired) electrons. The topological polar surface area (TPSA) is 40.5 Å². The van der Waals surface area contributed by atoms with Crippen LogP contribution in [-0.4, -0.2) is 34.1 Å². The van der Waals surface area contributed by atoms with Gasteiger partial charge in [0.05, 0.1) is 11.6 Å². The van der Waals surface area contributed by atoms with Crippen LogP contribution in [-0.2, 0) is 11.2 Å². The number of aliphatic hydroxyl groups is 1. The van der Waals surface area contributed by atoms with Gasteiger partial charge in [-0.15, -0.1) is 0 Å². The summed E-state index contributed by atoms with van der Waals surface area (Å²) in [4.78, 5) is 14.1. The summed E-state index contributed by atoms with van der Waals surface area (Å²) in [5, 5.41) is 9.90. The van der Waals surface area contributed by atoms with E-state index in [-0.39, 0.29) is 5.91 Å². The molecule has 0 spiro atoms. The minimum absolute atomic E-state index is 0.123. The molecule has 3 nitrogen and oxygen atoms in total. The third kappa shape index (κ3) is 3.00. The molecule has 19 heavy (non-hydrogen) atoms. The maximum absolute atomic E-state index is 12.3. The van der Waals surface area contributed by atoms with E-state index in [0.29, 0.717) is 19.4 Å². The van der Waals surface area contributed by atoms with Crippen LogP contribution in [0.15, 0.2) is 28.7 Å². The highest BCUT2D eigenvalue weighted by molar-refractivity contribution is 9.10. The quantitative estimate of drug-likeness (QED) is 0.928. The van der Waals surface area contributed by atoms with Crippen molar-refractivity contribution >= 4 is 21.8 Å². The van der Waals surface area contributed by atoms with Gasteiger partial charge in [-0.05, 0) is 38.3 Å². The predicted octanol–water partition coefficient (Wildman–Crippen LogP) is 2.75. The molecule has 1 heterocycles. The molecule has 4 heteroatoms. The summed E-state index contributed by atoms with van der Waals surface area (Å²) in [5.41, 5.74) is 0.707. The van der Waals surface area contributed by atoms with Gasteiger partial charge in [-0.2, -0.15) is 0 Å². The number of rotatable bonds is 3. The number of benzene rings is 1. The van der Waals surface area contributed by atoms with Gasteiger partial charge in [-0.25, -0.2) is 0 Å². The van der Waals surface area contributed by atoms with Crippen molar-refractivity contribution in [3.63, 3.8) is 0 Å². The van der Waals surface area contributed by atoms with Crippen molar-refractivity contribution in [3.8, 4) is 0 Å². The zero-order chi connectivity index (χ0) is 14.0. The molecule has 1 fully saturated rings. The lowest BCUT2D eigenvalue weighted by molar-refractivity contribution is -0.136. The highest BCUT2D eigenvalue weighted by Crippen LogP contribution is 2.29. The Morgan fingerprint density at radius 3 is 2.74 bits per heavy atom. The van der Waals surface area contributed by atoms with Crippen LogP contribution in [0.1, 0.15) is 32.3 Å². The lowest BCUT2D eigenvalue weighted by atomic mass is 9.98. The summed E-state index contributed by atoms with van der Waals surface area (Å²) in [6.07, 6.45) is 1.47. The molecule has 1 saturated heterocycles. The van der Waals surface area contributed by atoms with Gasteiger partial charge in [-0.3, -0.25) is 4.79 Å². The van der Waals surface area contributed by atoms with Crippen molar-refractivity contribution < 1.29 is 9.90 Å². The Morgan fingerprint density at radius 2 is 2.16 bits per heavy atom. The standard InChI is InChI=1S/C15H20BrNO2/c1-15(2)13(18)9-10-17(15)14(19)8-7-11-5-3-4-6-12(11)16/h3-6,13,18H,7-10H2,1-2H3. The molecular formula is C15H20BrNO2. The van der Waals surface area contributed by atoms with Gasteiger partial charge in [0.25, 0.3) is 0 Å². The molecular weight excluding hydrogens is 306 g/mol. The minimum Gasteiger partial charge on any atom is -0.391 e. The first kappa shape index (κ1) is 14.5. The van der Waals surface area contributed by atoms with E-state index < -0.39 is 11.6 Å². The first-order chi connectivity index (χ1) is 8.93. The van der Waals surface area contributed by atoms with E-state index in [1.165, 1.54) is 0 Å². The fourth-order valence-corrected chi connectivity index (χ4v) is 3.08. The molecule has 104 valence electrons. The minimum atomic E-state index is -0.439. The number of carbonyl (C=O) groups excluding carboxylic acids is 1. The normalized spacial score (nSPS) is 21.7. The second kappa shape index (κ2) is 5.63. The first-order valence-corrected chi connectivity index (χ1v) is 7.44. The van der Waals surface area contributed by atoms with Gasteiger partial charge in [0.2, 0.25) is 5.91 Å². The highest BCUT2D eigenvalue weighted by atomic mass is 79.9. The smallest absolute Gasteiger partial charge is 0.223 e. The molecule has 0 aromatic heterocycles. The van der Waals surface area contributed by atoms with E-state index in [2.05, 4.69) is 15.9 Å². The van der Waals surface area contributed by atoms with Crippen LogP contribution in [0.25, 0.3) is 0 Å². The van der Waals surface area contributed by atoms with E-state index in [9.17, 15) is 9.90 Å². The average Bonchev–Trinajstić information content (AvgIpc) is 2.63. The van der Waals surface area contributed by atoms with E-state index >= 15 is 0 Å². The van der Waals surface area contributed by atoms with E-state index in [1.807, 2.05) is 43.0 Å². The molecule has 0 aliphatic carbocycles. The third-order valence-electron chi connectivity index (χ3n) is 4.00. The number of hydrogen-bond donors (Lipinski definition) is 1. The maximum atomic E-state index is 12.3. The summed E-state index contributed by atoms with van der Waals surface area (Å²) in [7, 11) is 0.